The zero-order valence-corrected chi connectivity index (χ0v) is 15.8. The Labute approximate surface area is 160 Å². The monoisotopic (exact) mass is 399 g/mol. The predicted molar refractivity (Wildman–Crippen MR) is 103 cm³/mol. The number of terminal acetylenes is 1. The summed E-state index contributed by atoms with van der Waals surface area (Å²) in [6, 6.07) is 5.27. The Kier molecular flexibility index (Phi) is 8.28. The lowest BCUT2D eigenvalue weighted by molar-refractivity contribution is -0.138. The lowest BCUT2D eigenvalue weighted by Gasteiger charge is -2.26. The third kappa shape index (κ3) is 6.71. The normalized spacial score (nSPS) is 13.8. The summed E-state index contributed by atoms with van der Waals surface area (Å²) in [5.74, 6) is 1.94. The van der Waals surface area contributed by atoms with Gasteiger partial charge in [0.2, 0.25) is 0 Å². The van der Waals surface area contributed by atoms with E-state index in [4.69, 9.17) is 22.8 Å². The molecule has 0 aliphatic carbocycles. The molecule has 2 rings (SSSR count). The number of anilines is 1. The largest absolute Gasteiger partial charge is 0.452 e. The summed E-state index contributed by atoms with van der Waals surface area (Å²) >= 11 is 8.39. The van der Waals surface area contributed by atoms with Crippen molar-refractivity contribution in [3.05, 3.63) is 23.2 Å². The Morgan fingerprint density at radius 3 is 3.00 bits per heavy atom. The van der Waals surface area contributed by atoms with Crippen LogP contribution in [0.4, 0.5) is 10.5 Å². The van der Waals surface area contributed by atoms with Gasteiger partial charge < -0.3 is 9.46 Å². The van der Waals surface area contributed by atoms with Crippen LogP contribution in [-0.2, 0) is 9.53 Å². The zero-order chi connectivity index (χ0) is 18.1. The van der Waals surface area contributed by atoms with Crippen LogP contribution in [0.15, 0.2) is 23.1 Å². The van der Waals surface area contributed by atoms with E-state index in [0.29, 0.717) is 16.5 Å². The van der Waals surface area contributed by atoms with Gasteiger partial charge in [0, 0.05) is 35.6 Å². The molecule has 1 aromatic carbocycles. The van der Waals surface area contributed by atoms with Crippen molar-refractivity contribution in [1.82, 2.24) is 10.4 Å². The van der Waals surface area contributed by atoms with Crippen LogP contribution in [0.5, 0.6) is 0 Å². The van der Waals surface area contributed by atoms with Gasteiger partial charge in [-0.3, -0.25) is 14.6 Å². The van der Waals surface area contributed by atoms with Crippen molar-refractivity contribution in [2.45, 2.75) is 17.7 Å². The number of hydrogen-bond acceptors (Lipinski definition) is 7. The number of nitrogens with one attached hydrogen (secondary N) is 2. The van der Waals surface area contributed by atoms with E-state index in [-0.39, 0.29) is 17.6 Å². The number of amides is 1. The molecule has 0 spiro atoms. The number of carbonyl (C=O) groups excluding carboxylic acids is 2. The number of hydrazine groups is 1. The fourth-order valence-corrected chi connectivity index (χ4v) is 3.63. The molecular formula is C16H18ClN3O3S2. The third-order valence-electron chi connectivity index (χ3n) is 3.18. The van der Waals surface area contributed by atoms with Crippen LogP contribution in [0.25, 0.3) is 0 Å². The molecule has 0 radical (unpaired) electrons. The molecule has 0 aromatic heterocycles. The molecule has 2 N–H and O–H groups in total. The highest BCUT2D eigenvalue weighted by Gasteiger charge is 2.17. The minimum Gasteiger partial charge on any atom is -0.452 e. The fourth-order valence-electron chi connectivity index (χ4n) is 1.98. The summed E-state index contributed by atoms with van der Waals surface area (Å²) in [4.78, 5) is 24.3. The van der Waals surface area contributed by atoms with Gasteiger partial charge in [-0.1, -0.05) is 17.5 Å². The zero-order valence-electron chi connectivity index (χ0n) is 13.4. The average Bonchev–Trinajstić information content (AvgIpc) is 2.65. The fraction of sp³-hybridized carbons (Fsp3) is 0.375. The van der Waals surface area contributed by atoms with E-state index in [0.717, 1.165) is 37.0 Å². The molecule has 1 aromatic rings. The van der Waals surface area contributed by atoms with Gasteiger partial charge in [0.15, 0.2) is 6.61 Å². The van der Waals surface area contributed by atoms with Crippen molar-refractivity contribution in [1.29, 1.82) is 0 Å². The molecule has 1 saturated heterocycles. The van der Waals surface area contributed by atoms with Crippen LogP contribution in [0.1, 0.15) is 12.8 Å². The van der Waals surface area contributed by atoms with Crippen molar-refractivity contribution < 1.29 is 14.3 Å². The van der Waals surface area contributed by atoms with Gasteiger partial charge in [-0.15, -0.1) is 18.2 Å². The molecule has 9 heteroatoms. The van der Waals surface area contributed by atoms with Crippen LogP contribution in [0.2, 0.25) is 5.02 Å². The summed E-state index contributed by atoms with van der Waals surface area (Å²) in [5.41, 5.74) is 3.78. The Hall–Kier alpha value is -1.53. The van der Waals surface area contributed by atoms with Gasteiger partial charge in [0.05, 0.1) is 10.8 Å². The van der Waals surface area contributed by atoms with E-state index in [9.17, 15) is 9.59 Å². The number of ether oxygens (including phenoxy) is 1. The maximum absolute atomic E-state index is 12.1. The molecule has 1 aliphatic rings. The number of esters is 1. The lowest BCUT2D eigenvalue weighted by atomic mass is 10.3. The van der Waals surface area contributed by atoms with E-state index < -0.39 is 5.97 Å². The molecular weight excluding hydrogens is 382 g/mol. The summed E-state index contributed by atoms with van der Waals surface area (Å²) in [5, 5.41) is 2.03. The van der Waals surface area contributed by atoms with E-state index in [1.165, 1.54) is 11.8 Å². The van der Waals surface area contributed by atoms with Crippen LogP contribution >= 0.6 is 35.3 Å². The van der Waals surface area contributed by atoms with Gasteiger partial charge in [-0.2, -0.15) is 0 Å². The number of nitrogens with zero attached hydrogens (tertiary/aromatic N) is 1. The number of hydrogen-bond donors (Lipinski definition) is 2. The average molecular weight is 400 g/mol. The molecule has 25 heavy (non-hydrogen) atoms. The highest BCUT2D eigenvalue weighted by molar-refractivity contribution is 8.14. The first-order chi connectivity index (χ1) is 12.1. The van der Waals surface area contributed by atoms with Crippen molar-refractivity contribution in [2.75, 3.05) is 30.2 Å². The number of benzene rings is 1. The Balaban J connectivity index is 1.86. The molecule has 0 atom stereocenters. The smallest absolute Gasteiger partial charge is 0.317 e. The SMILES string of the molecule is C#CCOC(=O)CSc1cc(NSC(=O)N2CCCCN2)ccc1Cl. The first-order valence-electron chi connectivity index (χ1n) is 7.59. The minimum absolute atomic E-state index is 0.0436. The number of halogens is 1. The van der Waals surface area contributed by atoms with Crippen molar-refractivity contribution in [3.63, 3.8) is 0 Å². The second-order valence-electron chi connectivity index (χ2n) is 5.04. The van der Waals surface area contributed by atoms with Crippen molar-refractivity contribution >= 4 is 52.2 Å². The predicted octanol–water partition coefficient (Wildman–Crippen LogP) is 3.39. The van der Waals surface area contributed by atoms with Crippen LogP contribution < -0.4 is 10.1 Å². The first-order valence-corrected chi connectivity index (χ1v) is 9.77. The maximum atomic E-state index is 12.1. The highest BCUT2D eigenvalue weighted by Crippen LogP contribution is 2.31. The van der Waals surface area contributed by atoms with Gasteiger partial charge in [-0.05, 0) is 31.0 Å². The van der Waals surface area contributed by atoms with Crippen molar-refractivity contribution in [3.8, 4) is 12.3 Å². The maximum Gasteiger partial charge on any atom is 0.317 e. The molecule has 1 aliphatic heterocycles. The van der Waals surface area contributed by atoms with Gasteiger partial charge in [0.1, 0.15) is 0 Å². The third-order valence-corrected chi connectivity index (χ3v) is 5.38. The van der Waals surface area contributed by atoms with Gasteiger partial charge in [-0.25, -0.2) is 5.43 Å². The second-order valence-corrected chi connectivity index (χ2v) is 7.22. The quantitative estimate of drug-likeness (QED) is 0.329. The standard InChI is InChI=1S/C16H18ClN3O3S2/c1-2-9-23-15(21)11-24-14-10-12(5-6-13(14)17)19-25-16(22)20-8-4-3-7-18-20/h1,5-6,10,18-19H,3-4,7-9,11H2. The molecule has 6 nitrogen and oxygen atoms in total. The summed E-state index contributed by atoms with van der Waals surface area (Å²) in [6.45, 7) is 1.47. The first kappa shape index (κ1) is 19.8. The van der Waals surface area contributed by atoms with Crippen LogP contribution in [-0.4, -0.2) is 41.7 Å². The van der Waals surface area contributed by atoms with E-state index >= 15 is 0 Å². The molecule has 0 bridgehead atoms. The Bertz CT molecular complexity index is 661. The number of rotatable bonds is 6. The van der Waals surface area contributed by atoms with E-state index in [1.807, 2.05) is 0 Å². The van der Waals surface area contributed by atoms with Gasteiger partial charge >= 0.3 is 11.2 Å². The lowest BCUT2D eigenvalue weighted by Crippen LogP contribution is -2.45. The molecule has 0 saturated carbocycles. The second kappa shape index (κ2) is 10.5. The molecule has 1 fully saturated rings. The topological polar surface area (TPSA) is 70.7 Å². The summed E-state index contributed by atoms with van der Waals surface area (Å²) in [6.07, 6.45) is 7.11. The minimum atomic E-state index is -0.405. The molecule has 134 valence electrons. The number of thioether (sulfide) groups is 1. The van der Waals surface area contributed by atoms with E-state index in [1.54, 1.807) is 23.2 Å². The number of carbonyl (C=O) groups is 2. The summed E-state index contributed by atoms with van der Waals surface area (Å²) < 4.78 is 7.82. The van der Waals surface area contributed by atoms with Crippen LogP contribution in [0.3, 0.4) is 0 Å². The Morgan fingerprint density at radius 1 is 1.44 bits per heavy atom. The summed E-state index contributed by atoms with van der Waals surface area (Å²) in [7, 11) is 0. The van der Waals surface area contributed by atoms with E-state index in [2.05, 4.69) is 16.1 Å². The van der Waals surface area contributed by atoms with Crippen LogP contribution in [0, 0.1) is 12.3 Å². The molecule has 0 unspecified atom stereocenters. The Morgan fingerprint density at radius 2 is 2.28 bits per heavy atom. The van der Waals surface area contributed by atoms with Crippen molar-refractivity contribution in [2.24, 2.45) is 0 Å². The highest BCUT2D eigenvalue weighted by atomic mass is 35.5. The molecule has 1 heterocycles. The van der Waals surface area contributed by atoms with Gasteiger partial charge in [0.25, 0.3) is 0 Å². The molecule has 1 amide bonds.